The summed E-state index contributed by atoms with van der Waals surface area (Å²) >= 11 is 0. The van der Waals surface area contributed by atoms with Gasteiger partial charge in [0.25, 0.3) is 0 Å². The second-order valence-corrected chi connectivity index (χ2v) is 7.16. The van der Waals surface area contributed by atoms with Gasteiger partial charge in [-0.25, -0.2) is 0 Å². The highest BCUT2D eigenvalue weighted by molar-refractivity contribution is 5.85. The van der Waals surface area contributed by atoms with E-state index in [0.717, 1.165) is 19.6 Å². The standard InChI is InChI=1S/C18H29N3O.ClH/c1-15-12-19-10-11-20(15)14-17(22)21(18(2,3)4)13-16-8-6-5-7-9-16;/h5-9,15,19H,10-14H2,1-4H3;1H/t15-;/m1./s1. The van der Waals surface area contributed by atoms with E-state index in [1.165, 1.54) is 5.56 Å². The topological polar surface area (TPSA) is 35.6 Å². The maximum absolute atomic E-state index is 12.9. The third-order valence-corrected chi connectivity index (χ3v) is 4.27. The van der Waals surface area contributed by atoms with Crippen LogP contribution >= 0.6 is 12.4 Å². The Morgan fingerprint density at radius 2 is 1.96 bits per heavy atom. The van der Waals surface area contributed by atoms with Crippen LogP contribution in [0.4, 0.5) is 0 Å². The minimum Gasteiger partial charge on any atom is -0.332 e. The summed E-state index contributed by atoms with van der Waals surface area (Å²) in [5.74, 6) is 0.213. The summed E-state index contributed by atoms with van der Waals surface area (Å²) in [6.07, 6.45) is 0. The number of nitrogens with zero attached hydrogens (tertiary/aromatic N) is 2. The van der Waals surface area contributed by atoms with Crippen molar-refractivity contribution in [2.75, 3.05) is 26.2 Å². The molecule has 0 radical (unpaired) electrons. The van der Waals surface area contributed by atoms with E-state index in [1.807, 2.05) is 23.1 Å². The number of rotatable bonds is 4. The first-order valence-corrected chi connectivity index (χ1v) is 8.17. The van der Waals surface area contributed by atoms with Crippen LogP contribution in [0, 0.1) is 0 Å². The van der Waals surface area contributed by atoms with Crippen molar-refractivity contribution in [2.24, 2.45) is 0 Å². The molecule has 1 aromatic carbocycles. The Morgan fingerprint density at radius 1 is 1.30 bits per heavy atom. The lowest BCUT2D eigenvalue weighted by Gasteiger charge is -2.39. The maximum atomic E-state index is 12.9. The molecule has 23 heavy (non-hydrogen) atoms. The van der Waals surface area contributed by atoms with Crippen molar-refractivity contribution in [3.63, 3.8) is 0 Å². The van der Waals surface area contributed by atoms with Crippen molar-refractivity contribution in [1.29, 1.82) is 0 Å². The van der Waals surface area contributed by atoms with Crippen LogP contribution in [-0.2, 0) is 11.3 Å². The fourth-order valence-electron chi connectivity index (χ4n) is 2.84. The monoisotopic (exact) mass is 339 g/mol. The molecule has 0 spiro atoms. The van der Waals surface area contributed by atoms with E-state index in [-0.39, 0.29) is 23.9 Å². The second-order valence-electron chi connectivity index (χ2n) is 7.16. The fraction of sp³-hybridized carbons (Fsp3) is 0.611. The summed E-state index contributed by atoms with van der Waals surface area (Å²) in [5, 5.41) is 3.37. The second kappa shape index (κ2) is 8.67. The van der Waals surface area contributed by atoms with Crippen molar-refractivity contribution in [3.05, 3.63) is 35.9 Å². The molecule has 1 saturated heterocycles. The number of amides is 1. The van der Waals surface area contributed by atoms with Crippen molar-refractivity contribution >= 4 is 18.3 Å². The Hall–Kier alpha value is -1.10. The Labute approximate surface area is 146 Å². The van der Waals surface area contributed by atoms with Crippen molar-refractivity contribution in [3.8, 4) is 0 Å². The first-order valence-electron chi connectivity index (χ1n) is 8.17. The predicted molar refractivity (Wildman–Crippen MR) is 97.9 cm³/mol. The third-order valence-electron chi connectivity index (χ3n) is 4.27. The zero-order chi connectivity index (χ0) is 16.2. The molecule has 1 atom stereocenters. The minimum atomic E-state index is -0.176. The molecule has 1 amide bonds. The van der Waals surface area contributed by atoms with Crippen LogP contribution in [0.25, 0.3) is 0 Å². The molecule has 0 unspecified atom stereocenters. The van der Waals surface area contributed by atoms with Gasteiger partial charge in [-0.1, -0.05) is 30.3 Å². The van der Waals surface area contributed by atoms with Gasteiger partial charge in [-0.2, -0.15) is 0 Å². The molecule has 0 bridgehead atoms. The summed E-state index contributed by atoms with van der Waals surface area (Å²) in [6.45, 7) is 12.5. The number of hydrogen-bond acceptors (Lipinski definition) is 3. The zero-order valence-corrected chi connectivity index (χ0v) is 15.5. The van der Waals surface area contributed by atoms with Gasteiger partial charge in [0.2, 0.25) is 5.91 Å². The van der Waals surface area contributed by atoms with Crippen LogP contribution in [0.2, 0.25) is 0 Å². The maximum Gasteiger partial charge on any atom is 0.237 e. The Kier molecular flexibility index (Phi) is 7.52. The molecular weight excluding hydrogens is 310 g/mol. The zero-order valence-electron chi connectivity index (χ0n) is 14.7. The SMILES string of the molecule is C[C@@H]1CNCCN1CC(=O)N(Cc1ccccc1)C(C)(C)C.Cl. The van der Waals surface area contributed by atoms with E-state index in [1.54, 1.807) is 0 Å². The average Bonchev–Trinajstić information content (AvgIpc) is 2.47. The van der Waals surface area contributed by atoms with Gasteiger partial charge in [0, 0.05) is 37.8 Å². The molecule has 0 aromatic heterocycles. The lowest BCUT2D eigenvalue weighted by molar-refractivity contribution is -0.138. The molecule has 4 nitrogen and oxygen atoms in total. The molecule has 0 saturated carbocycles. The molecule has 1 fully saturated rings. The van der Waals surface area contributed by atoms with Gasteiger partial charge >= 0.3 is 0 Å². The summed E-state index contributed by atoms with van der Waals surface area (Å²) in [6, 6.07) is 10.6. The summed E-state index contributed by atoms with van der Waals surface area (Å²) in [5.41, 5.74) is 1.00. The predicted octanol–water partition coefficient (Wildman–Crippen LogP) is 2.53. The molecule has 2 rings (SSSR count). The van der Waals surface area contributed by atoms with Gasteiger partial charge in [-0.15, -0.1) is 12.4 Å². The molecule has 1 aliphatic heterocycles. The van der Waals surface area contributed by atoms with Crippen LogP contribution < -0.4 is 5.32 Å². The van der Waals surface area contributed by atoms with Crippen molar-refractivity contribution < 1.29 is 4.79 Å². The highest BCUT2D eigenvalue weighted by atomic mass is 35.5. The number of halogens is 1. The van der Waals surface area contributed by atoms with Crippen LogP contribution in [0.3, 0.4) is 0 Å². The first-order chi connectivity index (χ1) is 10.4. The van der Waals surface area contributed by atoms with E-state index in [2.05, 4.69) is 50.0 Å². The van der Waals surface area contributed by atoms with E-state index in [4.69, 9.17) is 0 Å². The normalized spacial score (nSPS) is 19.0. The third kappa shape index (κ3) is 5.79. The number of benzene rings is 1. The average molecular weight is 340 g/mol. The first kappa shape index (κ1) is 19.9. The molecule has 130 valence electrons. The molecular formula is C18H30ClN3O. The van der Waals surface area contributed by atoms with Gasteiger partial charge < -0.3 is 10.2 Å². The van der Waals surface area contributed by atoms with Crippen molar-refractivity contribution in [1.82, 2.24) is 15.1 Å². The lowest BCUT2D eigenvalue weighted by atomic mass is 10.0. The van der Waals surface area contributed by atoms with E-state index >= 15 is 0 Å². The number of piperazine rings is 1. The Morgan fingerprint density at radius 3 is 2.52 bits per heavy atom. The van der Waals surface area contributed by atoms with Gasteiger partial charge in [0.15, 0.2) is 0 Å². The summed E-state index contributed by atoms with van der Waals surface area (Å²) in [4.78, 5) is 17.1. The number of hydrogen-bond donors (Lipinski definition) is 1. The van der Waals surface area contributed by atoms with Crippen LogP contribution in [0.15, 0.2) is 30.3 Å². The van der Waals surface area contributed by atoms with Gasteiger partial charge in [0.1, 0.15) is 0 Å². The molecule has 1 aromatic rings. The van der Waals surface area contributed by atoms with Gasteiger partial charge in [-0.3, -0.25) is 9.69 Å². The number of nitrogens with one attached hydrogen (secondary N) is 1. The number of carbonyl (C=O) groups excluding carboxylic acids is 1. The summed E-state index contributed by atoms with van der Waals surface area (Å²) < 4.78 is 0. The lowest BCUT2D eigenvalue weighted by Crippen LogP contribution is -2.55. The van der Waals surface area contributed by atoms with Gasteiger partial charge in [-0.05, 0) is 33.3 Å². The van der Waals surface area contributed by atoms with Crippen LogP contribution in [0.1, 0.15) is 33.3 Å². The van der Waals surface area contributed by atoms with E-state index in [0.29, 0.717) is 19.1 Å². The molecule has 1 aliphatic rings. The fourth-order valence-corrected chi connectivity index (χ4v) is 2.84. The van der Waals surface area contributed by atoms with Crippen LogP contribution in [0.5, 0.6) is 0 Å². The molecule has 1 N–H and O–H groups in total. The number of carbonyl (C=O) groups is 1. The Bertz CT molecular complexity index is 487. The van der Waals surface area contributed by atoms with E-state index < -0.39 is 0 Å². The molecule has 0 aliphatic carbocycles. The smallest absolute Gasteiger partial charge is 0.237 e. The van der Waals surface area contributed by atoms with Crippen molar-refractivity contribution in [2.45, 2.75) is 45.8 Å². The van der Waals surface area contributed by atoms with Gasteiger partial charge in [0.05, 0.1) is 6.54 Å². The van der Waals surface area contributed by atoms with E-state index in [9.17, 15) is 4.79 Å². The largest absolute Gasteiger partial charge is 0.332 e. The highest BCUT2D eigenvalue weighted by Crippen LogP contribution is 2.18. The van der Waals surface area contributed by atoms with Crippen LogP contribution in [-0.4, -0.2) is 53.5 Å². The minimum absolute atomic E-state index is 0. The quantitative estimate of drug-likeness (QED) is 0.915. The molecule has 1 heterocycles. The summed E-state index contributed by atoms with van der Waals surface area (Å²) in [7, 11) is 0. The highest BCUT2D eigenvalue weighted by Gasteiger charge is 2.29. The Balaban J connectivity index is 0.00000264. The molecule has 5 heteroatoms.